The van der Waals surface area contributed by atoms with Gasteiger partial charge in [0, 0.05) is 7.05 Å². The molecule has 2 heterocycles. The van der Waals surface area contributed by atoms with Crippen molar-refractivity contribution < 1.29 is 32.3 Å². The fraction of sp³-hybridized carbons (Fsp3) is 0.312. The van der Waals surface area contributed by atoms with Crippen molar-refractivity contribution in [3.8, 4) is 12.0 Å². The zero-order valence-corrected chi connectivity index (χ0v) is 17.0. The predicted molar refractivity (Wildman–Crippen MR) is 102 cm³/mol. The van der Waals surface area contributed by atoms with E-state index in [-0.39, 0.29) is 47.5 Å². The molecule has 160 valence electrons. The molecule has 0 spiro atoms. The van der Waals surface area contributed by atoms with E-state index in [1.807, 2.05) is 4.72 Å². The number of amides is 2. The first kappa shape index (κ1) is 21.0. The molecular weight excluding hydrogens is 420 g/mol. The number of ether oxygens (including phenoxy) is 3. The Morgan fingerprint density at radius 1 is 1.10 bits per heavy atom. The number of hydrogen-bond acceptors (Lipinski definition) is 11. The Balaban J connectivity index is 1.87. The van der Waals surface area contributed by atoms with Gasteiger partial charge in [-0.2, -0.15) is 9.97 Å². The van der Waals surface area contributed by atoms with Crippen LogP contribution in [0.4, 0.5) is 10.7 Å². The number of rotatable bonds is 6. The van der Waals surface area contributed by atoms with Gasteiger partial charge in [-0.3, -0.25) is 4.90 Å². The van der Waals surface area contributed by atoms with Gasteiger partial charge in [-0.05, 0) is 17.3 Å². The first-order valence-electron chi connectivity index (χ1n) is 8.42. The van der Waals surface area contributed by atoms with E-state index in [4.69, 9.17) is 19.0 Å². The zero-order valence-electron chi connectivity index (χ0n) is 16.2. The molecule has 3 rings (SSSR count). The zero-order chi connectivity index (χ0) is 21.7. The van der Waals surface area contributed by atoms with Crippen molar-refractivity contribution in [2.24, 2.45) is 5.16 Å². The molecule has 0 aliphatic carbocycles. The topological polar surface area (TPSA) is 154 Å². The van der Waals surface area contributed by atoms with Gasteiger partial charge < -0.3 is 19.0 Å². The van der Waals surface area contributed by atoms with Crippen LogP contribution in [0.25, 0.3) is 0 Å². The minimum Gasteiger partial charge on any atom is -0.471 e. The first-order valence-corrected chi connectivity index (χ1v) is 9.90. The molecule has 14 heteroatoms. The maximum absolute atomic E-state index is 12.9. The van der Waals surface area contributed by atoms with Gasteiger partial charge in [0.2, 0.25) is 5.95 Å². The van der Waals surface area contributed by atoms with Crippen LogP contribution in [-0.4, -0.2) is 69.8 Å². The number of nitrogens with one attached hydrogen (secondary N) is 1. The average Bonchev–Trinajstić information content (AvgIpc) is 2.78. The summed E-state index contributed by atoms with van der Waals surface area (Å²) in [5.74, 6) is -0.192. The SMILES string of the molecule is COc1nc(OC)nc(N(C)C(=O)NS(=O)(=O)c2ccccc2C2=NOCCO2)n1. The molecule has 1 aromatic carbocycles. The lowest BCUT2D eigenvalue weighted by molar-refractivity contribution is 0.0653. The maximum atomic E-state index is 12.9. The number of anilines is 1. The Morgan fingerprint density at radius 3 is 2.37 bits per heavy atom. The highest BCUT2D eigenvalue weighted by Gasteiger charge is 2.28. The van der Waals surface area contributed by atoms with Crippen molar-refractivity contribution in [1.82, 2.24) is 19.7 Å². The Morgan fingerprint density at radius 2 is 1.77 bits per heavy atom. The van der Waals surface area contributed by atoms with Crippen molar-refractivity contribution in [3.63, 3.8) is 0 Å². The Bertz CT molecular complexity index is 1050. The molecule has 1 aliphatic rings. The summed E-state index contributed by atoms with van der Waals surface area (Å²) in [4.78, 5) is 29.8. The number of sulfonamides is 1. The number of oxime groups is 1. The van der Waals surface area contributed by atoms with E-state index in [1.165, 1.54) is 39.5 Å². The van der Waals surface area contributed by atoms with Gasteiger partial charge in [0.15, 0.2) is 6.61 Å². The Labute approximate surface area is 171 Å². The van der Waals surface area contributed by atoms with Crippen LogP contribution in [0, 0.1) is 0 Å². The van der Waals surface area contributed by atoms with Crippen LogP contribution in [0.15, 0.2) is 34.3 Å². The van der Waals surface area contributed by atoms with Crippen molar-refractivity contribution in [2.45, 2.75) is 4.90 Å². The van der Waals surface area contributed by atoms with Crippen LogP contribution in [0.1, 0.15) is 5.56 Å². The average molecular weight is 438 g/mol. The van der Waals surface area contributed by atoms with Gasteiger partial charge in [-0.15, -0.1) is 4.98 Å². The van der Waals surface area contributed by atoms with Crippen molar-refractivity contribution in [2.75, 3.05) is 39.4 Å². The predicted octanol–water partition coefficient (Wildman–Crippen LogP) is 0.132. The van der Waals surface area contributed by atoms with Gasteiger partial charge in [-0.1, -0.05) is 12.1 Å². The number of benzene rings is 1. The largest absolute Gasteiger partial charge is 0.471 e. The smallest absolute Gasteiger partial charge is 0.337 e. The Kier molecular flexibility index (Phi) is 6.15. The molecule has 0 saturated carbocycles. The normalized spacial score (nSPS) is 13.4. The number of urea groups is 1. The molecule has 0 atom stereocenters. The quantitative estimate of drug-likeness (QED) is 0.658. The lowest BCUT2D eigenvalue weighted by Gasteiger charge is -2.19. The monoisotopic (exact) mass is 438 g/mol. The molecule has 13 nitrogen and oxygen atoms in total. The van der Waals surface area contributed by atoms with Gasteiger partial charge in [-0.25, -0.2) is 17.9 Å². The second kappa shape index (κ2) is 8.77. The van der Waals surface area contributed by atoms with E-state index >= 15 is 0 Å². The standard InChI is InChI=1S/C16H18N6O7S/c1-22(13-17-14(26-2)19-15(18-13)27-3)16(23)21-30(24,25)11-7-5-4-6-10(11)12-20-29-9-8-28-12/h4-7H,8-9H2,1-3H3,(H,21,23). The van der Waals surface area contributed by atoms with Crippen molar-refractivity contribution >= 4 is 27.9 Å². The third-order valence-corrected chi connectivity index (χ3v) is 5.12. The molecule has 0 bridgehead atoms. The summed E-state index contributed by atoms with van der Waals surface area (Å²) in [6, 6.07) is 4.64. The molecular formula is C16H18N6O7S. The molecule has 1 aliphatic heterocycles. The Hall–Kier alpha value is -3.68. The highest BCUT2D eigenvalue weighted by Crippen LogP contribution is 2.20. The summed E-state index contributed by atoms with van der Waals surface area (Å²) >= 11 is 0. The summed E-state index contributed by atoms with van der Waals surface area (Å²) < 4.78 is 42.9. The fourth-order valence-corrected chi connectivity index (χ4v) is 3.48. The summed E-state index contributed by atoms with van der Waals surface area (Å²) in [6.45, 7) is 0.462. The minimum absolute atomic E-state index is 0.00466. The van der Waals surface area contributed by atoms with E-state index in [9.17, 15) is 13.2 Å². The molecule has 1 aromatic heterocycles. The molecule has 30 heavy (non-hydrogen) atoms. The van der Waals surface area contributed by atoms with E-state index < -0.39 is 16.1 Å². The van der Waals surface area contributed by atoms with E-state index in [1.54, 1.807) is 6.07 Å². The van der Waals surface area contributed by atoms with E-state index in [2.05, 4.69) is 20.1 Å². The number of carbonyl (C=O) groups excluding carboxylic acids is 1. The third kappa shape index (κ3) is 4.48. The molecule has 0 unspecified atom stereocenters. The lowest BCUT2D eigenvalue weighted by atomic mass is 10.2. The highest BCUT2D eigenvalue weighted by atomic mass is 32.2. The van der Waals surface area contributed by atoms with Gasteiger partial charge in [0.25, 0.3) is 15.9 Å². The van der Waals surface area contributed by atoms with Crippen LogP contribution in [0.2, 0.25) is 0 Å². The summed E-state index contributed by atoms with van der Waals surface area (Å²) in [5, 5.41) is 3.73. The van der Waals surface area contributed by atoms with Crippen molar-refractivity contribution in [3.05, 3.63) is 29.8 Å². The molecule has 0 radical (unpaired) electrons. The van der Waals surface area contributed by atoms with E-state index in [0.717, 1.165) is 4.90 Å². The van der Waals surface area contributed by atoms with Crippen LogP contribution in [0.3, 0.4) is 0 Å². The summed E-state index contributed by atoms with van der Waals surface area (Å²) in [7, 11) is -0.406. The third-order valence-electron chi connectivity index (χ3n) is 3.74. The summed E-state index contributed by atoms with van der Waals surface area (Å²) in [5.41, 5.74) is 0.142. The maximum Gasteiger partial charge on any atom is 0.337 e. The van der Waals surface area contributed by atoms with Gasteiger partial charge in [0.1, 0.15) is 11.5 Å². The number of hydrogen-bond donors (Lipinski definition) is 1. The lowest BCUT2D eigenvalue weighted by Crippen LogP contribution is -2.42. The fourth-order valence-electron chi connectivity index (χ4n) is 2.30. The van der Waals surface area contributed by atoms with Crippen molar-refractivity contribution in [1.29, 1.82) is 0 Å². The number of aromatic nitrogens is 3. The molecule has 2 aromatic rings. The second-order valence-electron chi connectivity index (χ2n) is 5.65. The number of nitrogens with zero attached hydrogens (tertiary/aromatic N) is 5. The van der Waals surface area contributed by atoms with Crippen LogP contribution in [0.5, 0.6) is 12.0 Å². The van der Waals surface area contributed by atoms with E-state index in [0.29, 0.717) is 0 Å². The summed E-state index contributed by atoms with van der Waals surface area (Å²) in [6.07, 6.45) is 0. The van der Waals surface area contributed by atoms with Gasteiger partial charge in [0.05, 0.1) is 19.8 Å². The molecule has 0 fully saturated rings. The number of methoxy groups -OCH3 is 2. The van der Waals surface area contributed by atoms with Crippen LogP contribution < -0.4 is 19.1 Å². The highest BCUT2D eigenvalue weighted by molar-refractivity contribution is 7.90. The molecule has 0 saturated heterocycles. The van der Waals surface area contributed by atoms with Crippen LogP contribution >= 0.6 is 0 Å². The van der Waals surface area contributed by atoms with Gasteiger partial charge >= 0.3 is 18.1 Å². The number of carbonyl (C=O) groups is 1. The molecule has 1 N–H and O–H groups in total. The first-order chi connectivity index (χ1) is 14.4. The van der Waals surface area contributed by atoms with Crippen LogP contribution in [-0.2, 0) is 19.6 Å². The molecule has 2 amide bonds. The minimum atomic E-state index is -4.32. The second-order valence-corrected chi connectivity index (χ2v) is 7.30.